The van der Waals surface area contributed by atoms with E-state index in [4.69, 9.17) is 0 Å². The molecule has 1 aliphatic rings. The zero-order valence-electron chi connectivity index (χ0n) is 8.26. The van der Waals surface area contributed by atoms with Gasteiger partial charge in [0.15, 0.2) is 0 Å². The Morgan fingerprint density at radius 2 is 1.75 bits per heavy atom. The summed E-state index contributed by atoms with van der Waals surface area (Å²) in [7, 11) is 0. The third-order valence-corrected chi connectivity index (χ3v) is 3.13. The fourth-order valence-electron chi connectivity index (χ4n) is 1.83. The highest BCUT2D eigenvalue weighted by atomic mass is 16.3. The van der Waals surface area contributed by atoms with Crippen molar-refractivity contribution in [3.63, 3.8) is 0 Å². The Morgan fingerprint density at radius 3 is 2.25 bits per heavy atom. The van der Waals surface area contributed by atoms with E-state index in [1.165, 1.54) is 5.57 Å². The second kappa shape index (κ2) is 2.86. The number of hydrogen-bond donors (Lipinski definition) is 2. The molecule has 0 spiro atoms. The summed E-state index contributed by atoms with van der Waals surface area (Å²) < 4.78 is 0. The maximum absolute atomic E-state index is 9.54. The Bertz CT molecular complexity index is 216. The fraction of sp³-hybridized carbons (Fsp3) is 0.800. The maximum atomic E-state index is 9.54. The molecule has 0 aromatic rings. The molecule has 0 heterocycles. The fourth-order valence-corrected chi connectivity index (χ4v) is 1.83. The average Bonchev–Trinajstić information content (AvgIpc) is 1.97. The maximum Gasteiger partial charge on any atom is 0.101 e. The van der Waals surface area contributed by atoms with E-state index in [-0.39, 0.29) is 5.41 Å². The molecule has 0 saturated heterocycles. The lowest BCUT2D eigenvalue weighted by Crippen LogP contribution is -2.38. The number of allylic oxidation sites excluding steroid dienone is 1. The van der Waals surface area contributed by atoms with Crippen molar-refractivity contribution in [3.05, 3.63) is 11.1 Å². The normalized spacial score (nSPS) is 35.5. The molecular weight excluding hydrogens is 152 g/mol. The van der Waals surface area contributed by atoms with Crippen molar-refractivity contribution in [2.75, 3.05) is 0 Å². The molecule has 0 fully saturated rings. The predicted octanol–water partition coefficient (Wildman–Crippen LogP) is 1.47. The van der Waals surface area contributed by atoms with Crippen LogP contribution in [-0.2, 0) is 0 Å². The van der Waals surface area contributed by atoms with Gasteiger partial charge in [0.05, 0.1) is 6.10 Å². The Morgan fingerprint density at radius 1 is 1.25 bits per heavy atom. The standard InChI is InChI=1S/C10H18O2/c1-6-7(2)10(3,4)5-8(11)9(6)12/h8-9,11-12H,5H2,1-4H3/t8-,9-/m0/s1. The minimum absolute atomic E-state index is 0.0305. The van der Waals surface area contributed by atoms with Crippen LogP contribution >= 0.6 is 0 Å². The smallest absolute Gasteiger partial charge is 0.101 e. The average molecular weight is 170 g/mol. The van der Waals surface area contributed by atoms with Crippen LogP contribution in [0, 0.1) is 5.41 Å². The van der Waals surface area contributed by atoms with Crippen LogP contribution in [0.15, 0.2) is 11.1 Å². The van der Waals surface area contributed by atoms with Crippen molar-refractivity contribution < 1.29 is 10.2 Å². The highest BCUT2D eigenvalue weighted by molar-refractivity contribution is 5.25. The number of rotatable bonds is 0. The van der Waals surface area contributed by atoms with Crippen LogP contribution in [-0.4, -0.2) is 22.4 Å². The van der Waals surface area contributed by atoms with E-state index in [0.29, 0.717) is 6.42 Å². The van der Waals surface area contributed by atoms with Crippen molar-refractivity contribution in [3.8, 4) is 0 Å². The second-order valence-corrected chi connectivity index (χ2v) is 4.41. The minimum Gasteiger partial charge on any atom is -0.390 e. The summed E-state index contributed by atoms with van der Waals surface area (Å²) in [6, 6.07) is 0. The van der Waals surface area contributed by atoms with E-state index in [1.807, 2.05) is 13.8 Å². The lowest BCUT2D eigenvalue weighted by molar-refractivity contribution is 0.00575. The van der Waals surface area contributed by atoms with E-state index in [9.17, 15) is 10.2 Å². The van der Waals surface area contributed by atoms with Gasteiger partial charge in [-0.25, -0.2) is 0 Å². The van der Waals surface area contributed by atoms with Gasteiger partial charge >= 0.3 is 0 Å². The summed E-state index contributed by atoms with van der Waals surface area (Å²) in [6.07, 6.45) is -0.598. The number of aliphatic hydroxyl groups excluding tert-OH is 2. The molecule has 0 unspecified atom stereocenters. The molecule has 0 bridgehead atoms. The van der Waals surface area contributed by atoms with E-state index in [1.54, 1.807) is 0 Å². The number of hydrogen-bond acceptors (Lipinski definition) is 2. The van der Waals surface area contributed by atoms with Gasteiger partial charge in [-0.2, -0.15) is 0 Å². The highest BCUT2D eigenvalue weighted by Gasteiger charge is 2.35. The molecule has 70 valence electrons. The lowest BCUT2D eigenvalue weighted by atomic mass is 9.71. The molecule has 2 atom stereocenters. The van der Waals surface area contributed by atoms with Gasteiger partial charge in [0.25, 0.3) is 0 Å². The van der Waals surface area contributed by atoms with Crippen molar-refractivity contribution in [1.82, 2.24) is 0 Å². The molecule has 1 rings (SSSR count). The molecule has 0 aliphatic heterocycles. The van der Waals surface area contributed by atoms with E-state index in [2.05, 4.69) is 13.8 Å². The first-order chi connectivity index (χ1) is 5.36. The molecule has 0 aromatic carbocycles. The second-order valence-electron chi connectivity index (χ2n) is 4.41. The molecule has 0 saturated carbocycles. The summed E-state index contributed by atoms with van der Waals surface area (Å²) in [5, 5.41) is 19.1. The molecular formula is C10H18O2. The van der Waals surface area contributed by atoms with E-state index in [0.717, 1.165) is 5.57 Å². The van der Waals surface area contributed by atoms with Gasteiger partial charge in [-0.05, 0) is 31.3 Å². The molecule has 2 heteroatoms. The van der Waals surface area contributed by atoms with Crippen molar-refractivity contribution in [2.45, 2.75) is 46.3 Å². The Kier molecular flexibility index (Phi) is 2.32. The van der Waals surface area contributed by atoms with E-state index >= 15 is 0 Å². The summed E-state index contributed by atoms with van der Waals surface area (Å²) in [5.41, 5.74) is 2.17. The van der Waals surface area contributed by atoms with Crippen LogP contribution in [0.25, 0.3) is 0 Å². The van der Waals surface area contributed by atoms with Gasteiger partial charge < -0.3 is 10.2 Å². The molecule has 0 amide bonds. The topological polar surface area (TPSA) is 40.5 Å². The molecule has 2 nitrogen and oxygen atoms in total. The molecule has 0 radical (unpaired) electrons. The Labute approximate surface area is 73.9 Å². The minimum atomic E-state index is -0.655. The van der Waals surface area contributed by atoms with Crippen LogP contribution in [0.4, 0.5) is 0 Å². The predicted molar refractivity (Wildman–Crippen MR) is 48.8 cm³/mol. The van der Waals surface area contributed by atoms with Crippen molar-refractivity contribution >= 4 is 0 Å². The molecule has 2 N–H and O–H groups in total. The summed E-state index contributed by atoms with van der Waals surface area (Å²) in [6.45, 7) is 8.12. The lowest BCUT2D eigenvalue weighted by Gasteiger charge is -2.38. The summed E-state index contributed by atoms with van der Waals surface area (Å²) in [5.74, 6) is 0. The first-order valence-corrected chi connectivity index (χ1v) is 4.40. The summed E-state index contributed by atoms with van der Waals surface area (Å²) >= 11 is 0. The first kappa shape index (κ1) is 9.75. The third-order valence-electron chi connectivity index (χ3n) is 3.13. The SMILES string of the molecule is CC1=C(C)C(C)(C)C[C@H](O)[C@H]1O. The third kappa shape index (κ3) is 1.41. The van der Waals surface area contributed by atoms with Gasteiger partial charge in [0.1, 0.15) is 6.10 Å². The zero-order valence-corrected chi connectivity index (χ0v) is 8.26. The van der Waals surface area contributed by atoms with Crippen LogP contribution in [0.1, 0.15) is 34.1 Å². The van der Waals surface area contributed by atoms with Crippen LogP contribution in [0.5, 0.6) is 0 Å². The van der Waals surface area contributed by atoms with Crippen molar-refractivity contribution in [2.24, 2.45) is 5.41 Å². The Balaban J connectivity index is 3.04. The zero-order chi connectivity index (χ0) is 9.52. The van der Waals surface area contributed by atoms with Gasteiger partial charge in [-0.3, -0.25) is 0 Å². The van der Waals surface area contributed by atoms with Gasteiger partial charge in [0.2, 0.25) is 0 Å². The molecule has 1 aliphatic carbocycles. The van der Waals surface area contributed by atoms with Gasteiger partial charge in [-0.1, -0.05) is 19.4 Å². The Hall–Kier alpha value is -0.340. The van der Waals surface area contributed by atoms with Crippen LogP contribution in [0.3, 0.4) is 0 Å². The monoisotopic (exact) mass is 170 g/mol. The van der Waals surface area contributed by atoms with Crippen LogP contribution in [0.2, 0.25) is 0 Å². The highest BCUT2D eigenvalue weighted by Crippen LogP contribution is 2.39. The van der Waals surface area contributed by atoms with Gasteiger partial charge in [-0.15, -0.1) is 0 Å². The molecule has 0 aromatic heterocycles. The molecule has 12 heavy (non-hydrogen) atoms. The number of aliphatic hydroxyl groups is 2. The largest absolute Gasteiger partial charge is 0.390 e. The van der Waals surface area contributed by atoms with Crippen LogP contribution < -0.4 is 0 Å². The summed E-state index contributed by atoms with van der Waals surface area (Å²) in [4.78, 5) is 0. The van der Waals surface area contributed by atoms with Gasteiger partial charge in [0, 0.05) is 0 Å². The van der Waals surface area contributed by atoms with E-state index < -0.39 is 12.2 Å². The van der Waals surface area contributed by atoms with Crippen molar-refractivity contribution in [1.29, 1.82) is 0 Å². The quantitative estimate of drug-likeness (QED) is 0.540. The first-order valence-electron chi connectivity index (χ1n) is 4.40.